The van der Waals surface area contributed by atoms with Gasteiger partial charge in [-0.2, -0.15) is 5.10 Å². The van der Waals surface area contributed by atoms with Crippen LogP contribution in [0.2, 0.25) is 0 Å². The van der Waals surface area contributed by atoms with Crippen molar-refractivity contribution in [3.8, 4) is 0 Å². The van der Waals surface area contributed by atoms with E-state index in [0.717, 1.165) is 4.90 Å². The molecule has 0 fully saturated rings. The van der Waals surface area contributed by atoms with Crippen molar-refractivity contribution in [2.24, 2.45) is 4.99 Å². The van der Waals surface area contributed by atoms with E-state index < -0.39 is 6.09 Å². The number of aromatic nitrogens is 2. The Hall–Kier alpha value is -1.98. The molecule has 6 nitrogen and oxygen atoms in total. The Balaban J connectivity index is 2.49. The summed E-state index contributed by atoms with van der Waals surface area (Å²) in [6.45, 7) is 0.258. The molecular formula is C7H6N4O2. The first-order chi connectivity index (χ1) is 6.29. The van der Waals surface area contributed by atoms with Gasteiger partial charge in [-0.05, 0) is 6.07 Å². The van der Waals surface area contributed by atoms with Gasteiger partial charge in [0.05, 0.1) is 18.4 Å². The summed E-state index contributed by atoms with van der Waals surface area (Å²) in [5, 5.41) is 16.1. The maximum atomic E-state index is 10.7. The van der Waals surface area contributed by atoms with Crippen LogP contribution in [0.3, 0.4) is 0 Å². The number of fused-ring (bicyclic) bond motifs is 1. The lowest BCUT2D eigenvalue weighted by Crippen LogP contribution is -2.32. The number of aliphatic imine (C=N–C) groups is 1. The van der Waals surface area contributed by atoms with Gasteiger partial charge in [0.1, 0.15) is 0 Å². The van der Waals surface area contributed by atoms with Crippen molar-refractivity contribution >= 4 is 23.8 Å². The van der Waals surface area contributed by atoms with E-state index >= 15 is 0 Å². The summed E-state index contributed by atoms with van der Waals surface area (Å²) < 4.78 is 0. The minimum absolute atomic E-state index is 0.258. The molecule has 6 heteroatoms. The van der Waals surface area contributed by atoms with Crippen LogP contribution in [0.1, 0.15) is 0 Å². The molecule has 0 saturated heterocycles. The van der Waals surface area contributed by atoms with Crippen LogP contribution >= 0.6 is 0 Å². The molecule has 1 aliphatic heterocycles. The number of anilines is 1. The molecule has 2 rings (SSSR count). The first-order valence-corrected chi connectivity index (χ1v) is 3.64. The van der Waals surface area contributed by atoms with Crippen molar-refractivity contribution in [2.45, 2.75) is 0 Å². The number of amides is 1. The van der Waals surface area contributed by atoms with Crippen molar-refractivity contribution in [3.05, 3.63) is 12.3 Å². The average molecular weight is 178 g/mol. The molecule has 1 aliphatic rings. The number of nitrogens with zero attached hydrogens (tertiary/aromatic N) is 4. The Morgan fingerprint density at radius 3 is 3.23 bits per heavy atom. The van der Waals surface area contributed by atoms with Crippen LogP contribution in [0.4, 0.5) is 16.3 Å². The Morgan fingerprint density at radius 1 is 1.62 bits per heavy atom. The molecular weight excluding hydrogens is 172 g/mol. The first kappa shape index (κ1) is 7.66. The van der Waals surface area contributed by atoms with E-state index in [2.05, 4.69) is 15.2 Å². The standard InChI is InChI=1S/C7H6N4O2/c12-7(13)11-4-3-8-6-5(11)1-2-9-10-6/h1-3H,4H2,(H,12,13). The van der Waals surface area contributed by atoms with E-state index in [-0.39, 0.29) is 6.54 Å². The summed E-state index contributed by atoms with van der Waals surface area (Å²) in [7, 11) is 0. The first-order valence-electron chi connectivity index (χ1n) is 3.64. The molecule has 0 atom stereocenters. The van der Waals surface area contributed by atoms with Crippen LogP contribution in [0.25, 0.3) is 0 Å². The van der Waals surface area contributed by atoms with Crippen LogP contribution in [0.5, 0.6) is 0 Å². The van der Waals surface area contributed by atoms with E-state index in [4.69, 9.17) is 5.11 Å². The maximum absolute atomic E-state index is 10.7. The number of carboxylic acid groups (broad SMARTS) is 1. The predicted molar refractivity (Wildman–Crippen MR) is 45.6 cm³/mol. The molecule has 0 aliphatic carbocycles. The van der Waals surface area contributed by atoms with Crippen molar-refractivity contribution in [2.75, 3.05) is 11.4 Å². The molecule has 0 bridgehead atoms. The quantitative estimate of drug-likeness (QED) is 0.633. The maximum Gasteiger partial charge on any atom is 0.412 e. The molecule has 0 radical (unpaired) electrons. The summed E-state index contributed by atoms with van der Waals surface area (Å²) in [6.07, 6.45) is 1.92. The smallest absolute Gasteiger partial charge is 0.412 e. The normalized spacial score (nSPS) is 14.0. The van der Waals surface area contributed by atoms with E-state index in [1.807, 2.05) is 0 Å². The van der Waals surface area contributed by atoms with Crippen LogP contribution < -0.4 is 4.90 Å². The number of hydrogen-bond acceptors (Lipinski definition) is 4. The summed E-state index contributed by atoms with van der Waals surface area (Å²) in [5.41, 5.74) is 0.477. The lowest BCUT2D eigenvalue weighted by molar-refractivity contribution is 0.202. The Bertz CT molecular complexity index is 377. The summed E-state index contributed by atoms with van der Waals surface area (Å²) >= 11 is 0. The van der Waals surface area contributed by atoms with Crippen molar-refractivity contribution < 1.29 is 9.90 Å². The third-order valence-corrected chi connectivity index (χ3v) is 1.68. The molecule has 66 valence electrons. The van der Waals surface area contributed by atoms with Gasteiger partial charge in [-0.3, -0.25) is 4.90 Å². The molecule has 1 aromatic rings. The van der Waals surface area contributed by atoms with Crippen molar-refractivity contribution in [3.63, 3.8) is 0 Å². The number of rotatable bonds is 0. The van der Waals surface area contributed by atoms with Gasteiger partial charge < -0.3 is 5.11 Å². The minimum atomic E-state index is -1.01. The largest absolute Gasteiger partial charge is 0.465 e. The SMILES string of the molecule is O=C(O)N1CC=Nc2nnccc21. The number of carbonyl (C=O) groups is 1. The highest BCUT2D eigenvalue weighted by Gasteiger charge is 2.20. The highest BCUT2D eigenvalue weighted by molar-refractivity contribution is 5.95. The molecule has 1 amide bonds. The lowest BCUT2D eigenvalue weighted by Gasteiger charge is -2.20. The Kier molecular flexibility index (Phi) is 1.66. The van der Waals surface area contributed by atoms with Gasteiger partial charge in [0.2, 0.25) is 0 Å². The van der Waals surface area contributed by atoms with Crippen LogP contribution in [0.15, 0.2) is 17.3 Å². The summed E-state index contributed by atoms with van der Waals surface area (Å²) in [6, 6.07) is 1.58. The van der Waals surface area contributed by atoms with Gasteiger partial charge in [0.25, 0.3) is 0 Å². The fourth-order valence-electron chi connectivity index (χ4n) is 1.11. The zero-order valence-corrected chi connectivity index (χ0v) is 6.58. The van der Waals surface area contributed by atoms with Gasteiger partial charge in [0.15, 0.2) is 5.82 Å². The topological polar surface area (TPSA) is 78.7 Å². The fourth-order valence-corrected chi connectivity index (χ4v) is 1.11. The van der Waals surface area contributed by atoms with Gasteiger partial charge in [-0.25, -0.2) is 9.79 Å². The van der Waals surface area contributed by atoms with Gasteiger partial charge >= 0.3 is 6.09 Å². The molecule has 2 heterocycles. The van der Waals surface area contributed by atoms with Gasteiger partial charge in [0, 0.05) is 6.21 Å². The third kappa shape index (κ3) is 1.22. The predicted octanol–water partition coefficient (Wildman–Crippen LogP) is 0.677. The molecule has 0 unspecified atom stereocenters. The highest BCUT2D eigenvalue weighted by atomic mass is 16.4. The Morgan fingerprint density at radius 2 is 2.46 bits per heavy atom. The number of hydrogen-bond donors (Lipinski definition) is 1. The average Bonchev–Trinajstić information content (AvgIpc) is 2.17. The molecule has 0 spiro atoms. The monoisotopic (exact) mass is 178 g/mol. The van der Waals surface area contributed by atoms with Crippen LogP contribution in [0, 0.1) is 0 Å². The van der Waals surface area contributed by atoms with E-state index in [9.17, 15) is 4.79 Å². The zero-order chi connectivity index (χ0) is 9.26. The molecule has 0 aromatic carbocycles. The summed E-state index contributed by atoms with van der Waals surface area (Å²) in [5.74, 6) is 0.344. The van der Waals surface area contributed by atoms with E-state index in [0.29, 0.717) is 11.5 Å². The van der Waals surface area contributed by atoms with E-state index in [1.54, 1.807) is 6.07 Å². The van der Waals surface area contributed by atoms with Crippen molar-refractivity contribution in [1.29, 1.82) is 0 Å². The fraction of sp³-hybridized carbons (Fsp3) is 0.143. The second kappa shape index (κ2) is 2.81. The van der Waals surface area contributed by atoms with Gasteiger partial charge in [-0.1, -0.05) is 0 Å². The van der Waals surface area contributed by atoms with Crippen LogP contribution in [-0.4, -0.2) is 34.2 Å². The molecule has 13 heavy (non-hydrogen) atoms. The second-order valence-electron chi connectivity index (χ2n) is 2.44. The molecule has 1 aromatic heterocycles. The molecule has 1 N–H and O–H groups in total. The van der Waals surface area contributed by atoms with Gasteiger partial charge in [-0.15, -0.1) is 5.10 Å². The second-order valence-corrected chi connectivity index (χ2v) is 2.44. The van der Waals surface area contributed by atoms with Crippen LogP contribution in [-0.2, 0) is 0 Å². The lowest BCUT2D eigenvalue weighted by atomic mass is 10.3. The van der Waals surface area contributed by atoms with Crippen molar-refractivity contribution in [1.82, 2.24) is 10.2 Å². The molecule has 0 saturated carbocycles. The highest BCUT2D eigenvalue weighted by Crippen LogP contribution is 2.26. The van der Waals surface area contributed by atoms with E-state index in [1.165, 1.54) is 12.4 Å². The third-order valence-electron chi connectivity index (χ3n) is 1.68. The minimum Gasteiger partial charge on any atom is -0.465 e. The summed E-state index contributed by atoms with van der Waals surface area (Å²) in [4.78, 5) is 15.8. The Labute approximate surface area is 73.5 Å². The zero-order valence-electron chi connectivity index (χ0n) is 6.58.